The third kappa shape index (κ3) is 3.85. The topological polar surface area (TPSA) is 98.7 Å². The molecule has 0 atom stereocenters. The highest BCUT2D eigenvalue weighted by atomic mass is 35.5. The molecule has 3 rings (SSSR count). The number of carbonyl (C=O) groups is 1. The Morgan fingerprint density at radius 1 is 1.12 bits per heavy atom. The smallest absolute Gasteiger partial charge is 0.459 e. The van der Waals surface area contributed by atoms with Gasteiger partial charge < -0.3 is 5.11 Å². The van der Waals surface area contributed by atoms with Crippen molar-refractivity contribution in [1.29, 1.82) is 0 Å². The van der Waals surface area contributed by atoms with Gasteiger partial charge in [0.2, 0.25) is 0 Å². The number of halogens is 9. The van der Waals surface area contributed by atoms with Gasteiger partial charge in [0.1, 0.15) is 16.4 Å². The number of aromatic nitrogens is 6. The molecule has 0 saturated carbocycles. The van der Waals surface area contributed by atoms with Gasteiger partial charge in [0.25, 0.3) is 0 Å². The largest absolute Gasteiger partial charge is 0.478 e. The number of hydrogen-bond acceptors (Lipinski definition) is 5. The number of alkyl halides is 8. The molecule has 3 aromatic heterocycles. The van der Waals surface area contributed by atoms with Crippen molar-refractivity contribution in [3.63, 3.8) is 0 Å². The zero-order valence-electron chi connectivity index (χ0n) is 15.2. The molecule has 3 aromatic rings. The van der Waals surface area contributed by atoms with Crippen LogP contribution in [0.1, 0.15) is 21.6 Å². The number of nitrogens with zero attached hydrogens (tertiary/aromatic N) is 6. The number of aryl methyl sites for hydroxylation is 1. The van der Waals surface area contributed by atoms with E-state index in [1.165, 1.54) is 0 Å². The van der Waals surface area contributed by atoms with Crippen molar-refractivity contribution in [2.24, 2.45) is 7.05 Å². The van der Waals surface area contributed by atoms with Crippen molar-refractivity contribution in [2.75, 3.05) is 0 Å². The number of carboxylic acid groups (broad SMARTS) is 1. The zero-order chi connectivity index (χ0) is 24.2. The molecule has 0 radical (unpaired) electrons. The van der Waals surface area contributed by atoms with Crippen molar-refractivity contribution < 1.29 is 45.0 Å². The maximum atomic E-state index is 13.8. The number of rotatable bonds is 4. The Morgan fingerprint density at radius 3 is 2.28 bits per heavy atom. The minimum absolute atomic E-state index is 0.0883. The molecule has 0 unspecified atom stereocenters. The van der Waals surface area contributed by atoms with Crippen molar-refractivity contribution in [1.82, 2.24) is 29.8 Å². The predicted molar refractivity (Wildman–Crippen MR) is 88.3 cm³/mol. The molecule has 0 fully saturated rings. The van der Waals surface area contributed by atoms with Gasteiger partial charge in [-0.2, -0.15) is 40.2 Å². The fourth-order valence-corrected chi connectivity index (χ4v) is 2.81. The van der Waals surface area contributed by atoms with Crippen LogP contribution in [-0.4, -0.2) is 47.0 Å². The summed E-state index contributed by atoms with van der Waals surface area (Å²) in [4.78, 5) is 14.7. The lowest BCUT2D eigenvalue weighted by Crippen LogP contribution is -2.36. The first-order chi connectivity index (χ1) is 14.6. The van der Waals surface area contributed by atoms with Gasteiger partial charge in [0, 0.05) is 18.8 Å². The Hall–Kier alpha value is -3.30. The van der Waals surface area contributed by atoms with Gasteiger partial charge in [-0.15, -0.1) is 5.10 Å². The molecule has 1 N–H and O–H groups in total. The molecule has 0 amide bonds. The fraction of sp³-hybridized carbons (Fsp3) is 0.267. The fourth-order valence-electron chi connectivity index (χ4n) is 2.63. The van der Waals surface area contributed by atoms with Crippen molar-refractivity contribution in [2.45, 2.75) is 18.3 Å². The predicted octanol–water partition coefficient (Wildman–Crippen LogP) is 4.09. The maximum absolute atomic E-state index is 13.8. The van der Waals surface area contributed by atoms with Crippen LogP contribution in [0, 0.1) is 0 Å². The number of aromatic carboxylic acids is 1. The molecular weight excluding hydrogens is 484 g/mol. The lowest BCUT2D eigenvalue weighted by Gasteiger charge is -2.19. The summed E-state index contributed by atoms with van der Waals surface area (Å²) in [5.74, 6) is -8.69. The van der Waals surface area contributed by atoms with Gasteiger partial charge in [-0.05, 0) is 6.07 Å². The van der Waals surface area contributed by atoms with E-state index in [1.807, 2.05) is 0 Å². The molecule has 0 bridgehead atoms. The summed E-state index contributed by atoms with van der Waals surface area (Å²) >= 11 is 5.62. The highest BCUT2D eigenvalue weighted by molar-refractivity contribution is 6.32. The van der Waals surface area contributed by atoms with Crippen LogP contribution in [0.5, 0.6) is 0 Å². The van der Waals surface area contributed by atoms with E-state index < -0.39 is 52.0 Å². The number of carboxylic acids is 1. The Balaban J connectivity index is 2.20. The van der Waals surface area contributed by atoms with Gasteiger partial charge in [0.15, 0.2) is 11.5 Å². The van der Waals surface area contributed by atoms with E-state index in [-0.39, 0.29) is 20.6 Å². The van der Waals surface area contributed by atoms with Crippen LogP contribution < -0.4 is 0 Å². The van der Waals surface area contributed by atoms with Gasteiger partial charge in [-0.1, -0.05) is 16.8 Å². The Bertz CT molecular complexity index is 1200. The average molecular weight is 491 g/mol. The van der Waals surface area contributed by atoms with E-state index in [0.29, 0.717) is 7.05 Å². The molecule has 17 heteroatoms. The molecule has 0 aromatic carbocycles. The molecular formula is C15H7ClF8N6O2. The van der Waals surface area contributed by atoms with Gasteiger partial charge >= 0.3 is 24.2 Å². The van der Waals surface area contributed by atoms with E-state index in [1.54, 1.807) is 0 Å². The SMILES string of the molecule is Cn1nc(C(F)(F)C(F)(F)F)c(C(F)(F)F)c1-n1cc(-c2cnc(Cl)c(C(=O)O)c2)nn1. The first kappa shape index (κ1) is 23.4. The Morgan fingerprint density at radius 2 is 1.75 bits per heavy atom. The van der Waals surface area contributed by atoms with Crippen LogP contribution in [0.3, 0.4) is 0 Å². The Kier molecular flexibility index (Phi) is 5.39. The average Bonchev–Trinajstić information content (AvgIpc) is 3.25. The molecule has 3 heterocycles. The van der Waals surface area contributed by atoms with Crippen LogP contribution in [0.2, 0.25) is 5.15 Å². The van der Waals surface area contributed by atoms with Crippen molar-refractivity contribution in [3.05, 3.63) is 40.4 Å². The first-order valence-electron chi connectivity index (χ1n) is 7.96. The summed E-state index contributed by atoms with van der Waals surface area (Å²) in [7, 11) is 0.703. The highest BCUT2D eigenvalue weighted by Gasteiger charge is 2.64. The normalized spacial score (nSPS) is 12.9. The molecule has 0 aliphatic heterocycles. The molecule has 0 spiro atoms. The molecule has 0 aliphatic rings. The second kappa shape index (κ2) is 7.39. The summed E-state index contributed by atoms with van der Waals surface area (Å²) < 4.78 is 107. The Labute approximate surface area is 176 Å². The zero-order valence-corrected chi connectivity index (χ0v) is 15.9. The molecule has 32 heavy (non-hydrogen) atoms. The van der Waals surface area contributed by atoms with Crippen LogP contribution in [0.4, 0.5) is 35.1 Å². The minimum Gasteiger partial charge on any atom is -0.478 e. The molecule has 0 saturated heterocycles. The summed E-state index contributed by atoms with van der Waals surface area (Å²) in [6, 6.07) is 0.961. The summed E-state index contributed by atoms with van der Waals surface area (Å²) in [6.07, 6.45) is -10.3. The monoisotopic (exact) mass is 490 g/mol. The van der Waals surface area contributed by atoms with Gasteiger partial charge in [0.05, 0.1) is 11.8 Å². The van der Waals surface area contributed by atoms with E-state index in [0.717, 1.165) is 18.5 Å². The lowest BCUT2D eigenvalue weighted by atomic mass is 10.1. The highest BCUT2D eigenvalue weighted by Crippen LogP contribution is 2.49. The summed E-state index contributed by atoms with van der Waals surface area (Å²) in [6.45, 7) is 0. The molecule has 172 valence electrons. The third-order valence-corrected chi connectivity index (χ3v) is 4.33. The van der Waals surface area contributed by atoms with Crippen LogP contribution in [-0.2, 0) is 19.1 Å². The second-order valence-corrected chi connectivity index (χ2v) is 6.51. The van der Waals surface area contributed by atoms with Crippen molar-refractivity contribution in [3.8, 4) is 17.1 Å². The van der Waals surface area contributed by atoms with E-state index >= 15 is 0 Å². The second-order valence-electron chi connectivity index (χ2n) is 6.16. The standard InChI is InChI=1S/C15H7ClF8N6O2/c1-29-11(8(14(19,20)21)9(27-29)13(17,18)15(22,23)24)30-4-7(26-28-30)5-2-6(12(31)32)10(16)25-3-5/h2-4H,1H3,(H,31,32). The molecule has 0 aliphatic carbocycles. The lowest BCUT2D eigenvalue weighted by molar-refractivity contribution is -0.292. The summed E-state index contributed by atoms with van der Waals surface area (Å²) in [5, 5.41) is 18.2. The van der Waals surface area contributed by atoms with Gasteiger partial charge in [-0.3, -0.25) is 0 Å². The van der Waals surface area contributed by atoms with Gasteiger partial charge in [-0.25, -0.2) is 19.1 Å². The van der Waals surface area contributed by atoms with Crippen LogP contribution >= 0.6 is 11.6 Å². The first-order valence-corrected chi connectivity index (χ1v) is 8.34. The van der Waals surface area contributed by atoms with E-state index in [4.69, 9.17) is 16.7 Å². The van der Waals surface area contributed by atoms with E-state index in [2.05, 4.69) is 20.4 Å². The quantitative estimate of drug-likeness (QED) is 0.437. The van der Waals surface area contributed by atoms with Crippen LogP contribution in [0.15, 0.2) is 18.5 Å². The van der Waals surface area contributed by atoms with E-state index in [9.17, 15) is 39.9 Å². The minimum atomic E-state index is -6.35. The number of hydrogen-bond donors (Lipinski definition) is 1. The van der Waals surface area contributed by atoms with Crippen LogP contribution in [0.25, 0.3) is 17.1 Å². The van der Waals surface area contributed by atoms with Crippen molar-refractivity contribution >= 4 is 17.6 Å². The molecule has 8 nitrogen and oxygen atoms in total. The maximum Gasteiger partial charge on any atom is 0.459 e. The third-order valence-electron chi connectivity index (χ3n) is 4.03. The summed E-state index contributed by atoms with van der Waals surface area (Å²) in [5.41, 5.74) is -5.79. The number of pyridine rings is 1.